The lowest BCUT2D eigenvalue weighted by Crippen LogP contribution is -2.47. The average Bonchev–Trinajstić information content (AvgIpc) is 2.59. The van der Waals surface area contributed by atoms with Gasteiger partial charge in [0.2, 0.25) is 5.91 Å². The quantitative estimate of drug-likeness (QED) is 0.213. The van der Waals surface area contributed by atoms with Gasteiger partial charge in [-0.15, -0.1) is 24.0 Å². The van der Waals surface area contributed by atoms with E-state index in [9.17, 15) is 9.90 Å². The number of carbonyl (C=O) groups excluding carboxylic acids is 1. The lowest BCUT2D eigenvalue weighted by Gasteiger charge is -2.30. The molecule has 0 aromatic heterocycles. The molecule has 7 heteroatoms. The summed E-state index contributed by atoms with van der Waals surface area (Å²) in [6.45, 7) is 10.0. The monoisotopic (exact) mass is 496 g/mol. The predicted molar refractivity (Wildman–Crippen MR) is 124 cm³/mol. The maximum atomic E-state index is 12.3. The van der Waals surface area contributed by atoms with Crippen molar-refractivity contribution in [3.63, 3.8) is 0 Å². The number of nitrogens with one attached hydrogen (secondary N) is 3. The molecule has 0 aromatic rings. The first-order valence-electron chi connectivity index (χ1n) is 10.5. The molecule has 1 aliphatic rings. The van der Waals surface area contributed by atoms with E-state index in [-0.39, 0.29) is 54.5 Å². The third kappa shape index (κ3) is 11.1. The third-order valence-corrected chi connectivity index (χ3v) is 4.90. The minimum atomic E-state index is 0. The van der Waals surface area contributed by atoms with E-state index >= 15 is 0 Å². The molecule has 6 nitrogen and oxygen atoms in total. The van der Waals surface area contributed by atoms with Crippen LogP contribution in [-0.2, 0) is 4.79 Å². The number of aliphatic hydroxyl groups is 1. The summed E-state index contributed by atoms with van der Waals surface area (Å²) in [5.41, 5.74) is 0. The molecule has 0 heterocycles. The standard InChI is InChI=1S/C20H40N4O2.HI/c1-5-8-16(11-12-25)14-22-20(21-6-2)24-18-10-7-9-17(13-18)19(26)23-15(3)4;/h15-18,25H,5-14H2,1-4H3,(H,23,26)(H2,21,22,24);1H. The van der Waals surface area contributed by atoms with Gasteiger partial charge in [0.25, 0.3) is 0 Å². The number of nitrogens with zero attached hydrogens (tertiary/aromatic N) is 1. The van der Waals surface area contributed by atoms with Crippen LogP contribution in [0.1, 0.15) is 72.6 Å². The van der Waals surface area contributed by atoms with Crippen molar-refractivity contribution in [1.29, 1.82) is 0 Å². The Morgan fingerprint density at radius 2 is 1.96 bits per heavy atom. The second-order valence-electron chi connectivity index (χ2n) is 7.75. The molecule has 3 atom stereocenters. The Labute approximate surface area is 182 Å². The van der Waals surface area contributed by atoms with Crippen molar-refractivity contribution in [2.75, 3.05) is 19.7 Å². The summed E-state index contributed by atoms with van der Waals surface area (Å²) >= 11 is 0. The van der Waals surface area contributed by atoms with Crippen LogP contribution in [0.25, 0.3) is 0 Å². The van der Waals surface area contributed by atoms with Gasteiger partial charge in [0.05, 0.1) is 0 Å². The Bertz CT molecular complexity index is 426. The van der Waals surface area contributed by atoms with E-state index in [1.807, 2.05) is 13.8 Å². The third-order valence-electron chi connectivity index (χ3n) is 4.90. The summed E-state index contributed by atoms with van der Waals surface area (Å²) < 4.78 is 0. The molecule has 1 rings (SSSR count). The van der Waals surface area contributed by atoms with Crippen molar-refractivity contribution in [2.24, 2.45) is 16.8 Å². The summed E-state index contributed by atoms with van der Waals surface area (Å²) in [6, 6.07) is 0.476. The largest absolute Gasteiger partial charge is 0.396 e. The van der Waals surface area contributed by atoms with Gasteiger partial charge in [0.1, 0.15) is 0 Å². The highest BCUT2D eigenvalue weighted by atomic mass is 127. The lowest BCUT2D eigenvalue weighted by molar-refractivity contribution is -0.126. The second-order valence-corrected chi connectivity index (χ2v) is 7.75. The number of rotatable bonds is 10. The van der Waals surface area contributed by atoms with Gasteiger partial charge in [0.15, 0.2) is 5.96 Å². The Kier molecular flexibility index (Phi) is 15.0. The van der Waals surface area contributed by atoms with E-state index in [1.165, 1.54) is 0 Å². The first kappa shape index (κ1) is 26.4. The molecule has 4 N–H and O–H groups in total. The first-order chi connectivity index (χ1) is 12.5. The molecule has 0 aromatic carbocycles. The van der Waals surface area contributed by atoms with Crippen LogP contribution in [0.4, 0.5) is 0 Å². The fourth-order valence-electron chi connectivity index (χ4n) is 3.61. The summed E-state index contributed by atoms with van der Waals surface area (Å²) in [4.78, 5) is 17.1. The van der Waals surface area contributed by atoms with Gasteiger partial charge in [0, 0.05) is 37.7 Å². The van der Waals surface area contributed by atoms with E-state index in [2.05, 4.69) is 29.8 Å². The van der Waals surface area contributed by atoms with Crippen LogP contribution in [0.2, 0.25) is 0 Å². The molecule has 3 unspecified atom stereocenters. The van der Waals surface area contributed by atoms with Crippen LogP contribution in [0.15, 0.2) is 4.99 Å². The van der Waals surface area contributed by atoms with Gasteiger partial charge in [-0.2, -0.15) is 0 Å². The number of hydrogen-bond acceptors (Lipinski definition) is 3. The van der Waals surface area contributed by atoms with Gasteiger partial charge in [-0.05, 0) is 58.8 Å². The number of aliphatic hydroxyl groups excluding tert-OH is 1. The van der Waals surface area contributed by atoms with E-state index in [1.54, 1.807) is 0 Å². The SMILES string of the molecule is CCCC(CCO)CN=C(NCC)NC1CCCC(C(=O)NC(C)C)C1.I. The van der Waals surface area contributed by atoms with E-state index in [0.717, 1.165) is 64.0 Å². The number of guanidine groups is 1. The molecule has 0 radical (unpaired) electrons. The van der Waals surface area contributed by atoms with Crippen molar-refractivity contribution >= 4 is 35.8 Å². The van der Waals surface area contributed by atoms with E-state index < -0.39 is 0 Å². The maximum absolute atomic E-state index is 12.3. The Morgan fingerprint density at radius 1 is 1.22 bits per heavy atom. The van der Waals surface area contributed by atoms with Crippen molar-refractivity contribution in [2.45, 2.75) is 84.7 Å². The van der Waals surface area contributed by atoms with Crippen LogP contribution in [0, 0.1) is 11.8 Å². The highest BCUT2D eigenvalue weighted by Gasteiger charge is 2.28. The van der Waals surface area contributed by atoms with Crippen molar-refractivity contribution in [3.8, 4) is 0 Å². The van der Waals surface area contributed by atoms with Gasteiger partial charge in [-0.3, -0.25) is 9.79 Å². The normalized spacial score (nSPS) is 21.3. The molecular weight excluding hydrogens is 455 g/mol. The number of carbonyl (C=O) groups is 1. The van der Waals surface area contributed by atoms with Crippen molar-refractivity contribution in [1.82, 2.24) is 16.0 Å². The molecule has 0 aliphatic heterocycles. The minimum Gasteiger partial charge on any atom is -0.396 e. The molecular formula is C20H41IN4O2. The zero-order valence-corrected chi connectivity index (χ0v) is 19.9. The maximum Gasteiger partial charge on any atom is 0.223 e. The minimum absolute atomic E-state index is 0. The average molecular weight is 496 g/mol. The Balaban J connectivity index is 0.00000676. The van der Waals surface area contributed by atoms with Crippen LogP contribution >= 0.6 is 24.0 Å². The van der Waals surface area contributed by atoms with Crippen LogP contribution in [0.5, 0.6) is 0 Å². The topological polar surface area (TPSA) is 85.8 Å². The van der Waals surface area contributed by atoms with Gasteiger partial charge in [-0.1, -0.05) is 19.8 Å². The van der Waals surface area contributed by atoms with Crippen LogP contribution < -0.4 is 16.0 Å². The second kappa shape index (κ2) is 15.4. The molecule has 27 heavy (non-hydrogen) atoms. The number of amides is 1. The molecule has 0 saturated heterocycles. The fraction of sp³-hybridized carbons (Fsp3) is 0.900. The van der Waals surface area contributed by atoms with Crippen molar-refractivity contribution < 1.29 is 9.90 Å². The molecule has 0 bridgehead atoms. The first-order valence-corrected chi connectivity index (χ1v) is 10.5. The van der Waals surface area contributed by atoms with E-state index in [0.29, 0.717) is 5.92 Å². The fourth-order valence-corrected chi connectivity index (χ4v) is 3.61. The summed E-state index contributed by atoms with van der Waals surface area (Å²) in [7, 11) is 0. The van der Waals surface area contributed by atoms with E-state index in [4.69, 9.17) is 4.99 Å². The molecule has 1 aliphatic carbocycles. The van der Waals surface area contributed by atoms with Gasteiger partial charge < -0.3 is 21.1 Å². The van der Waals surface area contributed by atoms with Crippen LogP contribution in [-0.4, -0.2) is 48.8 Å². The number of aliphatic imine (C=N–C) groups is 1. The zero-order chi connectivity index (χ0) is 19.4. The van der Waals surface area contributed by atoms with Crippen LogP contribution in [0.3, 0.4) is 0 Å². The molecule has 0 spiro atoms. The van der Waals surface area contributed by atoms with Crippen molar-refractivity contribution in [3.05, 3.63) is 0 Å². The molecule has 1 fully saturated rings. The summed E-state index contributed by atoms with van der Waals surface area (Å²) in [5.74, 6) is 1.53. The summed E-state index contributed by atoms with van der Waals surface area (Å²) in [6.07, 6.45) is 6.97. The number of halogens is 1. The van der Waals surface area contributed by atoms with Gasteiger partial charge in [-0.25, -0.2) is 0 Å². The zero-order valence-electron chi connectivity index (χ0n) is 17.6. The molecule has 160 valence electrons. The highest BCUT2D eigenvalue weighted by Crippen LogP contribution is 2.24. The predicted octanol–water partition coefficient (Wildman–Crippen LogP) is 3.04. The van der Waals surface area contributed by atoms with Gasteiger partial charge >= 0.3 is 0 Å². The lowest BCUT2D eigenvalue weighted by atomic mass is 9.85. The Morgan fingerprint density at radius 3 is 2.56 bits per heavy atom. The molecule has 1 saturated carbocycles. The molecule has 1 amide bonds. The Hall–Kier alpha value is -0.570. The summed E-state index contributed by atoms with van der Waals surface area (Å²) in [5, 5.41) is 19.1. The number of hydrogen-bond donors (Lipinski definition) is 4. The smallest absolute Gasteiger partial charge is 0.223 e. The highest BCUT2D eigenvalue weighted by molar-refractivity contribution is 14.0.